The highest BCUT2D eigenvalue weighted by atomic mass is 16.5. The smallest absolute Gasteiger partial charge is 0.356 e. The Balaban J connectivity index is 2.28. The van der Waals surface area contributed by atoms with Crippen LogP contribution in [0.1, 0.15) is 52.0 Å². The van der Waals surface area contributed by atoms with Crippen LogP contribution in [-0.2, 0) is 4.74 Å². The van der Waals surface area contributed by atoms with E-state index in [1.165, 1.54) is 13.2 Å². The number of hydrogen-bond acceptors (Lipinski definition) is 5. The van der Waals surface area contributed by atoms with E-state index >= 15 is 0 Å². The highest BCUT2D eigenvalue weighted by Crippen LogP contribution is 2.22. The van der Waals surface area contributed by atoms with Crippen LogP contribution < -0.4 is 0 Å². The standard InChI is InChI=1S/C19H19N3O3/c1-4-22(13(2)15-10-8-14(12-20)9-11-15)18(23)16-6-5-7-17(21-16)19(24)25-3/h5-11,13H,4H2,1-3H3. The normalized spacial score (nSPS) is 11.3. The van der Waals surface area contributed by atoms with E-state index in [-0.39, 0.29) is 23.3 Å². The topological polar surface area (TPSA) is 83.3 Å². The molecule has 25 heavy (non-hydrogen) atoms. The van der Waals surface area contributed by atoms with Crippen LogP contribution in [0, 0.1) is 11.3 Å². The number of amides is 1. The third kappa shape index (κ3) is 4.01. The summed E-state index contributed by atoms with van der Waals surface area (Å²) in [6, 6.07) is 13.7. The van der Waals surface area contributed by atoms with Gasteiger partial charge >= 0.3 is 5.97 Å². The average molecular weight is 337 g/mol. The molecule has 0 fully saturated rings. The van der Waals surface area contributed by atoms with Gasteiger partial charge in [0.25, 0.3) is 5.91 Å². The molecule has 1 aromatic carbocycles. The maximum absolute atomic E-state index is 12.8. The van der Waals surface area contributed by atoms with Crippen molar-refractivity contribution < 1.29 is 14.3 Å². The number of nitrogens with zero attached hydrogens (tertiary/aromatic N) is 3. The van der Waals surface area contributed by atoms with E-state index in [2.05, 4.69) is 15.8 Å². The monoisotopic (exact) mass is 337 g/mol. The predicted octanol–water partition coefficient (Wildman–Crippen LogP) is 2.96. The van der Waals surface area contributed by atoms with E-state index in [0.717, 1.165) is 5.56 Å². The van der Waals surface area contributed by atoms with Gasteiger partial charge in [0.05, 0.1) is 24.8 Å². The zero-order valence-electron chi connectivity index (χ0n) is 14.4. The van der Waals surface area contributed by atoms with Gasteiger partial charge in [0.15, 0.2) is 0 Å². The highest BCUT2D eigenvalue weighted by molar-refractivity contribution is 5.94. The molecule has 6 nitrogen and oxygen atoms in total. The number of nitriles is 1. The van der Waals surface area contributed by atoms with Crippen molar-refractivity contribution in [1.82, 2.24) is 9.88 Å². The van der Waals surface area contributed by atoms with Crippen LogP contribution in [0.4, 0.5) is 0 Å². The Morgan fingerprint density at radius 2 is 1.84 bits per heavy atom. The van der Waals surface area contributed by atoms with Gasteiger partial charge in [-0.3, -0.25) is 4.79 Å². The summed E-state index contributed by atoms with van der Waals surface area (Å²) in [5.41, 5.74) is 1.76. The van der Waals surface area contributed by atoms with Crippen LogP contribution >= 0.6 is 0 Å². The van der Waals surface area contributed by atoms with Crippen molar-refractivity contribution >= 4 is 11.9 Å². The van der Waals surface area contributed by atoms with Gasteiger partial charge in [-0.15, -0.1) is 0 Å². The summed E-state index contributed by atoms with van der Waals surface area (Å²) in [4.78, 5) is 30.2. The molecule has 1 unspecified atom stereocenters. The van der Waals surface area contributed by atoms with Crippen molar-refractivity contribution in [2.75, 3.05) is 13.7 Å². The molecule has 2 rings (SSSR count). The first-order valence-electron chi connectivity index (χ1n) is 7.88. The lowest BCUT2D eigenvalue weighted by Gasteiger charge is -2.28. The molecule has 2 aromatic rings. The fourth-order valence-corrected chi connectivity index (χ4v) is 2.53. The first-order valence-corrected chi connectivity index (χ1v) is 7.88. The van der Waals surface area contributed by atoms with Gasteiger partial charge in [-0.25, -0.2) is 9.78 Å². The molecule has 0 aliphatic carbocycles. The fraction of sp³-hybridized carbons (Fsp3) is 0.263. The Kier molecular flexibility index (Phi) is 5.85. The third-order valence-electron chi connectivity index (χ3n) is 3.95. The van der Waals surface area contributed by atoms with Crippen LogP contribution in [0.3, 0.4) is 0 Å². The molecular weight excluding hydrogens is 318 g/mol. The van der Waals surface area contributed by atoms with Crippen molar-refractivity contribution in [1.29, 1.82) is 5.26 Å². The Morgan fingerprint density at radius 3 is 2.40 bits per heavy atom. The molecular formula is C19H19N3O3. The van der Waals surface area contributed by atoms with Gasteiger partial charge in [-0.2, -0.15) is 5.26 Å². The Hall–Kier alpha value is -3.20. The summed E-state index contributed by atoms with van der Waals surface area (Å²) in [7, 11) is 1.27. The van der Waals surface area contributed by atoms with Crippen LogP contribution in [-0.4, -0.2) is 35.4 Å². The number of rotatable bonds is 5. The zero-order valence-corrected chi connectivity index (χ0v) is 14.4. The lowest BCUT2D eigenvalue weighted by molar-refractivity contribution is 0.0593. The molecule has 0 spiro atoms. The van der Waals surface area contributed by atoms with Crippen LogP contribution in [0.25, 0.3) is 0 Å². The summed E-state index contributed by atoms with van der Waals surface area (Å²) in [5.74, 6) is -0.858. The molecule has 1 atom stereocenters. The number of carbonyl (C=O) groups excluding carboxylic acids is 2. The lowest BCUT2D eigenvalue weighted by Crippen LogP contribution is -2.34. The largest absolute Gasteiger partial charge is 0.464 e. The second-order valence-electron chi connectivity index (χ2n) is 5.40. The number of ether oxygens (including phenoxy) is 1. The van der Waals surface area contributed by atoms with Crippen LogP contribution in [0.5, 0.6) is 0 Å². The molecule has 0 aliphatic heterocycles. The van der Waals surface area contributed by atoms with Crippen LogP contribution in [0.15, 0.2) is 42.5 Å². The van der Waals surface area contributed by atoms with Crippen LogP contribution in [0.2, 0.25) is 0 Å². The first kappa shape index (κ1) is 18.1. The van der Waals surface area contributed by atoms with Crippen molar-refractivity contribution in [2.45, 2.75) is 19.9 Å². The minimum absolute atomic E-state index is 0.0930. The van der Waals surface area contributed by atoms with E-state index in [9.17, 15) is 9.59 Å². The molecule has 0 saturated carbocycles. The SMILES string of the molecule is CCN(C(=O)c1cccc(C(=O)OC)n1)C(C)c1ccc(C#N)cc1. The number of pyridine rings is 1. The summed E-state index contributed by atoms with van der Waals surface area (Å²) in [6.45, 7) is 4.26. The Morgan fingerprint density at radius 1 is 1.20 bits per heavy atom. The van der Waals surface area contributed by atoms with Crippen molar-refractivity contribution in [3.8, 4) is 6.07 Å². The van der Waals surface area contributed by atoms with Crippen molar-refractivity contribution in [2.24, 2.45) is 0 Å². The van der Waals surface area contributed by atoms with E-state index in [1.807, 2.05) is 26.0 Å². The number of benzene rings is 1. The van der Waals surface area contributed by atoms with Gasteiger partial charge in [-0.05, 0) is 43.7 Å². The van der Waals surface area contributed by atoms with E-state index in [1.54, 1.807) is 29.2 Å². The van der Waals surface area contributed by atoms with Crippen molar-refractivity contribution in [3.63, 3.8) is 0 Å². The summed E-state index contributed by atoms with van der Waals surface area (Å²) in [6.07, 6.45) is 0. The second-order valence-corrected chi connectivity index (χ2v) is 5.40. The summed E-state index contributed by atoms with van der Waals surface area (Å²) in [5, 5.41) is 8.89. The Bertz CT molecular complexity index is 809. The number of methoxy groups -OCH3 is 1. The van der Waals surface area contributed by atoms with Gasteiger partial charge < -0.3 is 9.64 Å². The third-order valence-corrected chi connectivity index (χ3v) is 3.95. The van der Waals surface area contributed by atoms with E-state index in [4.69, 9.17) is 5.26 Å². The van der Waals surface area contributed by atoms with E-state index < -0.39 is 5.97 Å². The molecule has 1 aromatic heterocycles. The molecule has 0 N–H and O–H groups in total. The number of aromatic nitrogens is 1. The zero-order chi connectivity index (χ0) is 18.4. The molecule has 128 valence electrons. The Labute approximate surface area is 146 Å². The number of carbonyl (C=O) groups is 2. The number of hydrogen-bond donors (Lipinski definition) is 0. The molecule has 6 heteroatoms. The molecule has 1 amide bonds. The van der Waals surface area contributed by atoms with Gasteiger partial charge in [-0.1, -0.05) is 18.2 Å². The van der Waals surface area contributed by atoms with Gasteiger partial charge in [0.2, 0.25) is 0 Å². The predicted molar refractivity (Wildman–Crippen MR) is 91.9 cm³/mol. The highest BCUT2D eigenvalue weighted by Gasteiger charge is 2.23. The molecule has 0 aliphatic rings. The summed E-state index contributed by atoms with van der Waals surface area (Å²) >= 11 is 0. The number of esters is 1. The molecule has 1 heterocycles. The molecule has 0 saturated heterocycles. The van der Waals surface area contributed by atoms with Gasteiger partial charge in [0, 0.05) is 6.54 Å². The maximum Gasteiger partial charge on any atom is 0.356 e. The van der Waals surface area contributed by atoms with Gasteiger partial charge in [0.1, 0.15) is 11.4 Å². The molecule has 0 bridgehead atoms. The lowest BCUT2D eigenvalue weighted by atomic mass is 10.0. The van der Waals surface area contributed by atoms with E-state index in [0.29, 0.717) is 12.1 Å². The quantitative estimate of drug-likeness (QED) is 0.783. The average Bonchev–Trinajstić information content (AvgIpc) is 2.67. The minimum Gasteiger partial charge on any atom is -0.464 e. The van der Waals surface area contributed by atoms with Crippen molar-refractivity contribution in [3.05, 3.63) is 65.0 Å². The summed E-state index contributed by atoms with van der Waals surface area (Å²) < 4.78 is 4.64. The maximum atomic E-state index is 12.8. The second kappa shape index (κ2) is 8.06. The fourth-order valence-electron chi connectivity index (χ4n) is 2.53. The minimum atomic E-state index is -0.585. The molecule has 0 radical (unpaired) electrons. The first-order chi connectivity index (χ1) is 12.0.